The van der Waals surface area contributed by atoms with E-state index in [1.807, 2.05) is 18.2 Å². The Morgan fingerprint density at radius 1 is 1.27 bits per heavy atom. The molecule has 1 amide bonds. The van der Waals surface area contributed by atoms with Crippen LogP contribution in [0.5, 0.6) is 0 Å². The lowest BCUT2D eigenvalue weighted by atomic mass is 10.0. The highest BCUT2D eigenvalue weighted by Crippen LogP contribution is 2.11. The topological polar surface area (TPSA) is 43.1 Å². The Labute approximate surface area is 97.3 Å². The zero-order chi connectivity index (χ0) is 10.4. The number of nitrogens with two attached hydrogens (primary N) is 1. The molecule has 0 atom stereocenters. The molecule has 0 bridgehead atoms. The fourth-order valence-electron chi connectivity index (χ4n) is 1.54. The minimum Gasteiger partial charge on any atom is -0.366 e. The second-order valence-corrected chi connectivity index (χ2v) is 3.48. The van der Waals surface area contributed by atoms with E-state index in [-0.39, 0.29) is 18.3 Å². The van der Waals surface area contributed by atoms with Crippen LogP contribution >= 0.6 is 12.4 Å². The van der Waals surface area contributed by atoms with Crippen molar-refractivity contribution < 1.29 is 4.79 Å². The second-order valence-electron chi connectivity index (χ2n) is 3.48. The number of primary amides is 1. The zero-order valence-electron chi connectivity index (χ0n) is 9.03. The van der Waals surface area contributed by atoms with Crippen LogP contribution in [0.1, 0.15) is 42.1 Å². The van der Waals surface area contributed by atoms with E-state index >= 15 is 0 Å². The fourth-order valence-corrected chi connectivity index (χ4v) is 1.54. The highest BCUT2D eigenvalue weighted by atomic mass is 35.5. The van der Waals surface area contributed by atoms with Crippen molar-refractivity contribution >= 4 is 18.3 Å². The van der Waals surface area contributed by atoms with Crippen LogP contribution in [-0.2, 0) is 6.42 Å². The number of unbranched alkanes of at least 4 members (excludes halogenated alkanes) is 2. The van der Waals surface area contributed by atoms with Gasteiger partial charge < -0.3 is 5.73 Å². The van der Waals surface area contributed by atoms with Gasteiger partial charge in [0.15, 0.2) is 0 Å². The highest BCUT2D eigenvalue weighted by Gasteiger charge is 2.05. The molecule has 0 aliphatic carbocycles. The first kappa shape index (κ1) is 14.0. The van der Waals surface area contributed by atoms with E-state index in [4.69, 9.17) is 5.73 Å². The molecule has 1 aromatic rings. The Kier molecular flexibility index (Phi) is 6.80. The Morgan fingerprint density at radius 2 is 1.93 bits per heavy atom. The van der Waals surface area contributed by atoms with Gasteiger partial charge in [0.05, 0.1) is 0 Å². The molecule has 2 N–H and O–H groups in total. The molecule has 0 unspecified atom stereocenters. The first-order valence-electron chi connectivity index (χ1n) is 5.13. The normalized spacial score (nSPS) is 9.40. The van der Waals surface area contributed by atoms with Gasteiger partial charge in [0.25, 0.3) is 0 Å². The number of benzene rings is 1. The average molecular weight is 228 g/mol. The number of amides is 1. The van der Waals surface area contributed by atoms with Gasteiger partial charge in [-0.25, -0.2) is 0 Å². The molecule has 1 rings (SSSR count). The molecule has 0 aromatic heterocycles. The lowest BCUT2D eigenvalue weighted by molar-refractivity contribution is 0.0999. The summed E-state index contributed by atoms with van der Waals surface area (Å²) < 4.78 is 0. The number of hydrogen-bond acceptors (Lipinski definition) is 1. The summed E-state index contributed by atoms with van der Waals surface area (Å²) in [7, 11) is 0. The smallest absolute Gasteiger partial charge is 0.248 e. The van der Waals surface area contributed by atoms with E-state index < -0.39 is 0 Å². The monoisotopic (exact) mass is 227 g/mol. The molecule has 0 aliphatic rings. The maximum Gasteiger partial charge on any atom is 0.248 e. The molecule has 2 nitrogen and oxygen atoms in total. The van der Waals surface area contributed by atoms with Crippen LogP contribution in [0.25, 0.3) is 0 Å². The summed E-state index contributed by atoms with van der Waals surface area (Å²) in [5.41, 5.74) is 7.03. The maximum atomic E-state index is 11.1. The minimum absolute atomic E-state index is 0. The van der Waals surface area contributed by atoms with Gasteiger partial charge in [-0.3, -0.25) is 4.79 Å². The first-order chi connectivity index (χ1) is 6.75. The van der Waals surface area contributed by atoms with Crippen molar-refractivity contribution in [1.29, 1.82) is 0 Å². The number of carbonyl (C=O) groups is 1. The first-order valence-corrected chi connectivity index (χ1v) is 5.13. The van der Waals surface area contributed by atoms with Crippen molar-refractivity contribution in [2.45, 2.75) is 32.6 Å². The van der Waals surface area contributed by atoms with E-state index in [1.54, 1.807) is 6.07 Å². The molecular formula is C12H18ClNO. The lowest BCUT2D eigenvalue weighted by Crippen LogP contribution is -2.13. The van der Waals surface area contributed by atoms with E-state index in [0.29, 0.717) is 5.56 Å². The molecule has 84 valence electrons. The quantitative estimate of drug-likeness (QED) is 0.773. The Morgan fingerprint density at radius 3 is 2.53 bits per heavy atom. The van der Waals surface area contributed by atoms with Gasteiger partial charge in [-0.05, 0) is 24.5 Å². The van der Waals surface area contributed by atoms with E-state index in [0.717, 1.165) is 18.4 Å². The van der Waals surface area contributed by atoms with Crippen LogP contribution in [0.2, 0.25) is 0 Å². The van der Waals surface area contributed by atoms with Gasteiger partial charge in [-0.2, -0.15) is 0 Å². The van der Waals surface area contributed by atoms with E-state index in [9.17, 15) is 4.79 Å². The number of halogens is 1. The summed E-state index contributed by atoms with van der Waals surface area (Å²) >= 11 is 0. The van der Waals surface area contributed by atoms with Crippen molar-refractivity contribution in [1.82, 2.24) is 0 Å². The minimum atomic E-state index is -0.322. The second kappa shape index (κ2) is 7.30. The summed E-state index contributed by atoms with van der Waals surface area (Å²) in [4.78, 5) is 11.1. The van der Waals surface area contributed by atoms with Gasteiger partial charge in [0.1, 0.15) is 0 Å². The summed E-state index contributed by atoms with van der Waals surface area (Å²) in [5.74, 6) is -0.322. The Hall–Kier alpha value is -1.02. The molecular weight excluding hydrogens is 210 g/mol. The highest BCUT2D eigenvalue weighted by molar-refractivity contribution is 5.94. The van der Waals surface area contributed by atoms with Crippen molar-refractivity contribution in [3.63, 3.8) is 0 Å². The van der Waals surface area contributed by atoms with Crippen LogP contribution in [0, 0.1) is 0 Å². The molecule has 1 aromatic carbocycles. The van der Waals surface area contributed by atoms with Crippen molar-refractivity contribution in [2.75, 3.05) is 0 Å². The largest absolute Gasteiger partial charge is 0.366 e. The average Bonchev–Trinajstić information content (AvgIpc) is 2.19. The Bertz CT molecular complexity index is 312. The van der Waals surface area contributed by atoms with Crippen molar-refractivity contribution in [3.05, 3.63) is 35.4 Å². The van der Waals surface area contributed by atoms with Crippen LogP contribution in [0.15, 0.2) is 24.3 Å². The molecule has 0 saturated heterocycles. The standard InChI is InChI=1S/C12H17NO.ClH/c1-2-3-4-7-10-8-5-6-9-11(10)12(13)14;/h5-6,8-9H,2-4,7H2,1H3,(H2,13,14);1H. The van der Waals surface area contributed by atoms with Crippen LogP contribution < -0.4 is 5.73 Å². The third kappa shape index (κ3) is 4.34. The molecule has 0 fully saturated rings. The summed E-state index contributed by atoms with van der Waals surface area (Å²) in [6, 6.07) is 7.58. The SMILES string of the molecule is CCCCCc1ccccc1C(N)=O.Cl. The van der Waals surface area contributed by atoms with Crippen molar-refractivity contribution in [3.8, 4) is 0 Å². The van der Waals surface area contributed by atoms with E-state index in [2.05, 4.69) is 6.92 Å². The fraction of sp³-hybridized carbons (Fsp3) is 0.417. The number of rotatable bonds is 5. The summed E-state index contributed by atoms with van der Waals surface area (Å²) in [6.07, 6.45) is 4.47. The lowest BCUT2D eigenvalue weighted by Gasteiger charge is -2.05. The number of aryl methyl sites for hydroxylation is 1. The number of hydrogen-bond donors (Lipinski definition) is 1. The number of carbonyl (C=O) groups excluding carboxylic acids is 1. The Balaban J connectivity index is 0.00000196. The van der Waals surface area contributed by atoms with Gasteiger partial charge in [0, 0.05) is 5.56 Å². The van der Waals surface area contributed by atoms with Crippen LogP contribution in [0.4, 0.5) is 0 Å². The molecule has 0 aliphatic heterocycles. The molecule has 0 heterocycles. The predicted octanol–water partition coefficient (Wildman–Crippen LogP) is 2.94. The predicted molar refractivity (Wildman–Crippen MR) is 65.4 cm³/mol. The third-order valence-electron chi connectivity index (χ3n) is 2.33. The van der Waals surface area contributed by atoms with Crippen molar-refractivity contribution in [2.24, 2.45) is 5.73 Å². The molecule has 0 saturated carbocycles. The molecule has 15 heavy (non-hydrogen) atoms. The van der Waals surface area contributed by atoms with Crippen LogP contribution in [-0.4, -0.2) is 5.91 Å². The van der Waals surface area contributed by atoms with Gasteiger partial charge >= 0.3 is 0 Å². The van der Waals surface area contributed by atoms with E-state index in [1.165, 1.54) is 12.8 Å². The van der Waals surface area contributed by atoms with Gasteiger partial charge in [-0.1, -0.05) is 38.0 Å². The molecule has 0 radical (unpaired) electrons. The van der Waals surface area contributed by atoms with Crippen LogP contribution in [0.3, 0.4) is 0 Å². The summed E-state index contributed by atoms with van der Waals surface area (Å²) in [5, 5.41) is 0. The maximum absolute atomic E-state index is 11.1. The third-order valence-corrected chi connectivity index (χ3v) is 2.33. The summed E-state index contributed by atoms with van der Waals surface area (Å²) in [6.45, 7) is 2.17. The van der Waals surface area contributed by atoms with Gasteiger partial charge in [0.2, 0.25) is 5.91 Å². The molecule has 3 heteroatoms. The molecule has 0 spiro atoms. The zero-order valence-corrected chi connectivity index (χ0v) is 9.85. The van der Waals surface area contributed by atoms with Gasteiger partial charge in [-0.15, -0.1) is 12.4 Å².